The molecule has 3 N–H and O–H groups in total. The van der Waals surface area contributed by atoms with Crippen molar-refractivity contribution in [1.82, 2.24) is 15.7 Å². The minimum Gasteiger partial charge on any atom is -0.443 e. The summed E-state index contributed by atoms with van der Waals surface area (Å²) >= 11 is 12.4. The number of benzene rings is 1. The summed E-state index contributed by atoms with van der Waals surface area (Å²) in [6.07, 6.45) is -0.604. The van der Waals surface area contributed by atoms with Crippen molar-refractivity contribution in [3.63, 3.8) is 0 Å². The van der Waals surface area contributed by atoms with Crippen LogP contribution in [0.15, 0.2) is 18.2 Å². The third kappa shape index (κ3) is 4.97. The van der Waals surface area contributed by atoms with E-state index in [1.807, 2.05) is 0 Å². The van der Waals surface area contributed by atoms with Gasteiger partial charge in [0.2, 0.25) is 0 Å². The smallest absolute Gasteiger partial charge is 0.416 e. The maximum Gasteiger partial charge on any atom is 0.416 e. The van der Waals surface area contributed by atoms with E-state index in [1.54, 1.807) is 31.2 Å². The Balaban J connectivity index is 2.03. The number of aromatic nitrogens is 2. The largest absolute Gasteiger partial charge is 0.443 e. The van der Waals surface area contributed by atoms with E-state index < -0.39 is 17.5 Å². The number of ether oxygens (including phenoxy) is 1. The molecule has 2 aromatic rings. The first kappa shape index (κ1) is 23.0. The van der Waals surface area contributed by atoms with E-state index in [4.69, 9.17) is 38.6 Å². The van der Waals surface area contributed by atoms with Crippen molar-refractivity contribution in [2.45, 2.75) is 32.9 Å². The molecule has 2 heterocycles. The second-order valence-corrected chi connectivity index (χ2v) is 8.59. The highest BCUT2D eigenvalue weighted by atomic mass is 35.5. The average molecular weight is 471 g/mol. The number of nitrogens with zero attached hydrogens (tertiary/aromatic N) is 4. The zero-order chi connectivity index (χ0) is 22.9. The number of hydrogen-bond donors (Lipinski definition) is 3. The van der Waals surface area contributed by atoms with Gasteiger partial charge in [0.05, 0.1) is 10.7 Å². The molecule has 1 aromatic heterocycles. The Labute approximate surface area is 188 Å². The van der Waals surface area contributed by atoms with Gasteiger partial charge in [0.15, 0.2) is 11.7 Å². The molecule has 0 saturated heterocycles. The van der Waals surface area contributed by atoms with Crippen molar-refractivity contribution in [2.24, 2.45) is 0 Å². The molecule has 1 aromatic carbocycles. The minimum atomic E-state index is -0.715. The first-order chi connectivity index (χ1) is 14.5. The molecule has 1 aliphatic rings. The quantitative estimate of drug-likeness (QED) is 0.268. The van der Waals surface area contributed by atoms with Crippen LogP contribution in [0.5, 0.6) is 0 Å². The van der Waals surface area contributed by atoms with Gasteiger partial charge >= 0.3 is 6.09 Å². The van der Waals surface area contributed by atoms with Crippen LogP contribution in [0.4, 0.5) is 20.7 Å². The lowest BCUT2D eigenvalue weighted by atomic mass is 10.1. The number of fused-ring (bicyclic) bond motifs is 1. The molecule has 3 rings (SSSR count). The van der Waals surface area contributed by atoms with Crippen LogP contribution in [-0.4, -0.2) is 46.0 Å². The normalized spacial score (nSPS) is 13.6. The van der Waals surface area contributed by atoms with Crippen molar-refractivity contribution < 1.29 is 19.1 Å². The summed E-state index contributed by atoms with van der Waals surface area (Å²) in [4.78, 5) is 15.8. The van der Waals surface area contributed by atoms with Crippen LogP contribution in [0.25, 0.3) is 0 Å². The predicted molar refractivity (Wildman–Crippen MR) is 115 cm³/mol. The average Bonchev–Trinajstić information content (AvgIpc) is 2.71. The van der Waals surface area contributed by atoms with Gasteiger partial charge in [-0.25, -0.2) is 9.18 Å². The molecule has 0 aliphatic carbocycles. The van der Waals surface area contributed by atoms with E-state index in [2.05, 4.69) is 10.2 Å². The van der Waals surface area contributed by atoms with Crippen LogP contribution in [0.1, 0.15) is 32.0 Å². The Bertz CT molecular complexity index is 1030. The molecule has 0 unspecified atom stereocenters. The number of amidine groups is 1. The van der Waals surface area contributed by atoms with Gasteiger partial charge in [-0.05, 0) is 39.0 Å². The van der Waals surface area contributed by atoms with E-state index in [-0.39, 0.29) is 40.5 Å². The van der Waals surface area contributed by atoms with Crippen LogP contribution in [0.2, 0.25) is 10.0 Å². The lowest BCUT2D eigenvalue weighted by molar-refractivity contribution is 0.0578. The van der Waals surface area contributed by atoms with E-state index in [0.717, 1.165) is 0 Å². The number of nitrogens with one attached hydrogen (secondary N) is 2. The van der Waals surface area contributed by atoms with Gasteiger partial charge in [-0.3, -0.25) is 21.0 Å². The van der Waals surface area contributed by atoms with E-state index in [0.29, 0.717) is 17.8 Å². The summed E-state index contributed by atoms with van der Waals surface area (Å²) < 4.78 is 19.4. The van der Waals surface area contributed by atoms with Crippen molar-refractivity contribution in [3.05, 3.63) is 45.3 Å². The number of anilines is 2. The van der Waals surface area contributed by atoms with Gasteiger partial charge in [0, 0.05) is 30.2 Å². The highest BCUT2D eigenvalue weighted by Gasteiger charge is 2.33. The Morgan fingerprint density at radius 3 is 2.68 bits per heavy atom. The summed E-state index contributed by atoms with van der Waals surface area (Å²) in [5.74, 6) is -0.793. The molecule has 0 atom stereocenters. The highest BCUT2D eigenvalue weighted by molar-refractivity contribution is 6.36. The Morgan fingerprint density at radius 1 is 1.32 bits per heavy atom. The monoisotopic (exact) mass is 470 g/mol. The Kier molecular flexibility index (Phi) is 6.54. The summed E-state index contributed by atoms with van der Waals surface area (Å²) in [5, 5.41) is 25.0. The number of amides is 1. The van der Waals surface area contributed by atoms with Crippen molar-refractivity contribution >= 4 is 46.6 Å². The van der Waals surface area contributed by atoms with Crippen molar-refractivity contribution in [1.29, 1.82) is 5.41 Å². The summed E-state index contributed by atoms with van der Waals surface area (Å²) in [6, 6.07) is 4.07. The molecule has 0 bridgehead atoms. The van der Waals surface area contributed by atoms with E-state index in [1.165, 1.54) is 23.1 Å². The molecule has 166 valence electrons. The molecular weight excluding hydrogens is 450 g/mol. The van der Waals surface area contributed by atoms with Gasteiger partial charge in [-0.2, -0.15) is 0 Å². The number of halogens is 3. The van der Waals surface area contributed by atoms with Crippen molar-refractivity contribution in [3.8, 4) is 0 Å². The minimum absolute atomic E-state index is 0.0359. The second-order valence-electron chi connectivity index (χ2n) is 7.80. The number of rotatable bonds is 3. The van der Waals surface area contributed by atoms with Gasteiger partial charge in [-0.15, -0.1) is 10.2 Å². The molecule has 0 saturated carbocycles. The molecular formula is C19H21Cl2FN6O3. The summed E-state index contributed by atoms with van der Waals surface area (Å²) in [5.41, 5.74) is 1.81. The third-order valence-corrected chi connectivity index (χ3v) is 5.18. The van der Waals surface area contributed by atoms with Crippen LogP contribution < -0.4 is 15.3 Å². The van der Waals surface area contributed by atoms with Crippen LogP contribution in [0, 0.1) is 11.2 Å². The molecule has 31 heavy (non-hydrogen) atoms. The fraction of sp³-hybridized carbons (Fsp3) is 0.368. The maximum absolute atomic E-state index is 14.0. The maximum atomic E-state index is 14.0. The van der Waals surface area contributed by atoms with Gasteiger partial charge in [0.25, 0.3) is 0 Å². The van der Waals surface area contributed by atoms with Crippen LogP contribution in [-0.2, 0) is 11.3 Å². The zero-order valence-corrected chi connectivity index (χ0v) is 18.6. The Hall–Kier alpha value is -2.69. The zero-order valence-electron chi connectivity index (χ0n) is 17.0. The number of hydrogen-bond acceptors (Lipinski definition) is 7. The molecule has 12 heteroatoms. The molecule has 0 radical (unpaired) electrons. The fourth-order valence-corrected chi connectivity index (χ4v) is 3.48. The Morgan fingerprint density at radius 2 is 2.03 bits per heavy atom. The fourth-order valence-electron chi connectivity index (χ4n) is 2.99. The first-order valence-electron chi connectivity index (χ1n) is 9.26. The van der Waals surface area contributed by atoms with E-state index in [9.17, 15) is 9.18 Å². The highest BCUT2D eigenvalue weighted by Crippen LogP contribution is 2.36. The second kappa shape index (κ2) is 8.81. The molecule has 1 amide bonds. The van der Waals surface area contributed by atoms with Gasteiger partial charge in [-0.1, -0.05) is 23.2 Å². The topological polar surface area (TPSA) is 115 Å². The molecule has 0 spiro atoms. The molecule has 0 fully saturated rings. The van der Waals surface area contributed by atoms with Gasteiger partial charge in [0.1, 0.15) is 17.1 Å². The third-order valence-electron chi connectivity index (χ3n) is 4.41. The van der Waals surface area contributed by atoms with Crippen molar-refractivity contribution in [2.75, 3.05) is 22.9 Å². The lowest BCUT2D eigenvalue weighted by Gasteiger charge is -2.37. The lowest BCUT2D eigenvalue weighted by Crippen LogP contribution is -2.46. The van der Waals surface area contributed by atoms with Gasteiger partial charge < -0.3 is 9.64 Å². The number of carbonyl (C=O) groups excluding carboxylic acids is 1. The number of carbonyl (C=O) groups is 1. The summed E-state index contributed by atoms with van der Waals surface area (Å²) in [7, 11) is 0. The van der Waals surface area contributed by atoms with Crippen LogP contribution >= 0.6 is 23.2 Å². The SMILES string of the molecule is CC(C)(C)OC(=O)N1CCN(Cc2c(Cl)ccc(F)c2Cl)c2cc(C(=N)NO)nnc21. The predicted octanol–water partition coefficient (Wildman–Crippen LogP) is 3.99. The first-order valence-corrected chi connectivity index (χ1v) is 10.0. The van der Waals surface area contributed by atoms with Crippen LogP contribution in [0.3, 0.4) is 0 Å². The number of hydroxylamine groups is 1. The summed E-state index contributed by atoms with van der Waals surface area (Å²) in [6.45, 7) is 5.91. The standard InChI is InChI=1S/C19H21Cl2FN6O3/c1-19(2,3)31-18(29)28-7-6-27(9-10-11(20)4-5-12(22)15(10)21)14-8-13(16(23)26-30)24-25-17(14)28/h4-5,8,30H,6-7,9H2,1-3H3,(H2,23,26). The molecule has 1 aliphatic heterocycles. The molecule has 9 nitrogen and oxygen atoms in total. The van der Waals surface area contributed by atoms with E-state index >= 15 is 0 Å².